The molecule has 1 rings (SSSR count). The Morgan fingerprint density at radius 3 is 2.67 bits per heavy atom. The summed E-state index contributed by atoms with van der Waals surface area (Å²) in [5.74, 6) is 0.140. The van der Waals surface area contributed by atoms with Gasteiger partial charge in [0, 0.05) is 6.54 Å². The summed E-state index contributed by atoms with van der Waals surface area (Å²) in [5, 5.41) is 18.8. The number of aliphatic hydroxyl groups is 1. The van der Waals surface area contributed by atoms with Crippen LogP contribution in [-0.4, -0.2) is 16.8 Å². The summed E-state index contributed by atoms with van der Waals surface area (Å²) in [6.07, 6.45) is 0. The van der Waals surface area contributed by atoms with Crippen molar-refractivity contribution in [3.05, 3.63) is 29.8 Å². The van der Waals surface area contributed by atoms with Crippen LogP contribution in [0.1, 0.15) is 12.5 Å². The summed E-state index contributed by atoms with van der Waals surface area (Å²) in [6, 6.07) is 6.46. The molecule has 1 aromatic rings. The smallest absolute Gasteiger partial charge is 0.115 e. The molecule has 0 spiro atoms. The normalized spacial score (nSPS) is 15.6. The minimum absolute atomic E-state index is 0.135. The molecule has 0 saturated carbocycles. The van der Waals surface area contributed by atoms with Crippen molar-refractivity contribution >= 4 is 0 Å². The quantitative estimate of drug-likeness (QED) is 0.603. The second-order valence-electron chi connectivity index (χ2n) is 3.03. The summed E-state index contributed by atoms with van der Waals surface area (Å²) >= 11 is 0. The van der Waals surface area contributed by atoms with Gasteiger partial charge in [-0.15, -0.1) is 0 Å². The molecule has 0 aliphatic carbocycles. The summed E-state index contributed by atoms with van der Waals surface area (Å²) in [5.41, 5.74) is 4.93. The van der Waals surface area contributed by atoms with E-state index in [-0.39, 0.29) is 12.3 Å². The lowest BCUT2D eigenvalue weighted by Gasteiger charge is -2.21. The lowest BCUT2D eigenvalue weighted by atomic mass is 9.96. The Morgan fingerprint density at radius 2 is 2.17 bits per heavy atom. The molecule has 1 atom stereocenters. The molecular formula is C9H13NO2. The second kappa shape index (κ2) is 3.13. The Bertz CT molecular complexity index is 271. The van der Waals surface area contributed by atoms with E-state index >= 15 is 0 Å². The van der Waals surface area contributed by atoms with E-state index in [1.807, 2.05) is 0 Å². The Labute approximate surface area is 71.5 Å². The van der Waals surface area contributed by atoms with Gasteiger partial charge >= 0.3 is 0 Å². The topological polar surface area (TPSA) is 66.5 Å². The first kappa shape index (κ1) is 9.03. The maximum atomic E-state index is 9.68. The predicted molar refractivity (Wildman–Crippen MR) is 46.7 cm³/mol. The summed E-state index contributed by atoms with van der Waals surface area (Å²) in [4.78, 5) is 0. The third kappa shape index (κ3) is 1.75. The molecule has 0 bridgehead atoms. The van der Waals surface area contributed by atoms with Crippen LogP contribution in [0.5, 0.6) is 5.75 Å². The molecule has 0 fully saturated rings. The number of benzene rings is 1. The third-order valence-electron chi connectivity index (χ3n) is 1.87. The molecule has 1 unspecified atom stereocenters. The molecule has 3 heteroatoms. The summed E-state index contributed by atoms with van der Waals surface area (Å²) in [6.45, 7) is 1.75. The predicted octanol–water partition coefficient (Wildman–Crippen LogP) is 0.558. The number of hydrogen-bond acceptors (Lipinski definition) is 3. The molecule has 0 saturated heterocycles. The van der Waals surface area contributed by atoms with Crippen LogP contribution in [0.25, 0.3) is 0 Å². The Kier molecular flexibility index (Phi) is 2.35. The average molecular weight is 167 g/mol. The number of phenols is 1. The van der Waals surface area contributed by atoms with Gasteiger partial charge in [0.05, 0.1) is 5.60 Å². The third-order valence-corrected chi connectivity index (χ3v) is 1.87. The molecule has 66 valence electrons. The van der Waals surface area contributed by atoms with Crippen molar-refractivity contribution < 1.29 is 10.2 Å². The zero-order chi connectivity index (χ0) is 9.19. The molecule has 0 amide bonds. The van der Waals surface area contributed by atoms with Crippen molar-refractivity contribution in [2.24, 2.45) is 5.73 Å². The zero-order valence-corrected chi connectivity index (χ0v) is 6.99. The Balaban J connectivity index is 3.03. The van der Waals surface area contributed by atoms with E-state index in [9.17, 15) is 5.11 Å². The maximum Gasteiger partial charge on any atom is 0.115 e. The van der Waals surface area contributed by atoms with Gasteiger partial charge in [-0.25, -0.2) is 0 Å². The van der Waals surface area contributed by atoms with Crippen LogP contribution >= 0.6 is 0 Å². The summed E-state index contributed by atoms with van der Waals surface area (Å²) in [7, 11) is 0. The molecule has 0 radical (unpaired) electrons. The van der Waals surface area contributed by atoms with E-state index in [0.717, 1.165) is 0 Å². The van der Waals surface area contributed by atoms with E-state index < -0.39 is 5.60 Å². The average Bonchev–Trinajstić information content (AvgIpc) is 2.05. The van der Waals surface area contributed by atoms with Crippen molar-refractivity contribution in [3.63, 3.8) is 0 Å². The summed E-state index contributed by atoms with van der Waals surface area (Å²) < 4.78 is 0. The molecule has 0 aliphatic rings. The van der Waals surface area contributed by atoms with Crippen molar-refractivity contribution in [2.75, 3.05) is 6.54 Å². The van der Waals surface area contributed by atoms with E-state index in [4.69, 9.17) is 10.8 Å². The van der Waals surface area contributed by atoms with Gasteiger partial charge in [0.25, 0.3) is 0 Å². The molecule has 4 N–H and O–H groups in total. The number of phenolic OH excluding ortho intramolecular Hbond substituents is 1. The molecule has 0 heterocycles. The second-order valence-corrected chi connectivity index (χ2v) is 3.03. The van der Waals surface area contributed by atoms with Crippen molar-refractivity contribution in [1.82, 2.24) is 0 Å². The minimum Gasteiger partial charge on any atom is -0.508 e. The van der Waals surface area contributed by atoms with Crippen LogP contribution in [0, 0.1) is 0 Å². The SMILES string of the molecule is CC(O)(CN)c1cccc(O)c1. The highest BCUT2D eigenvalue weighted by molar-refractivity contribution is 5.30. The van der Waals surface area contributed by atoms with Gasteiger partial charge in [-0.3, -0.25) is 0 Å². The fraction of sp³-hybridized carbons (Fsp3) is 0.333. The fourth-order valence-corrected chi connectivity index (χ4v) is 0.959. The van der Waals surface area contributed by atoms with Crippen LogP contribution in [-0.2, 0) is 5.60 Å². The molecule has 1 aromatic carbocycles. The minimum atomic E-state index is -1.06. The zero-order valence-electron chi connectivity index (χ0n) is 6.99. The van der Waals surface area contributed by atoms with Crippen LogP contribution in [0.2, 0.25) is 0 Å². The fourth-order valence-electron chi connectivity index (χ4n) is 0.959. The van der Waals surface area contributed by atoms with Crippen LogP contribution in [0.15, 0.2) is 24.3 Å². The highest BCUT2D eigenvalue weighted by atomic mass is 16.3. The van der Waals surface area contributed by atoms with E-state index in [2.05, 4.69) is 0 Å². The highest BCUT2D eigenvalue weighted by Crippen LogP contribution is 2.22. The number of rotatable bonds is 2. The van der Waals surface area contributed by atoms with E-state index in [1.54, 1.807) is 25.1 Å². The Morgan fingerprint density at radius 1 is 1.50 bits per heavy atom. The van der Waals surface area contributed by atoms with Crippen LogP contribution in [0.3, 0.4) is 0 Å². The Hall–Kier alpha value is -1.06. The van der Waals surface area contributed by atoms with Gasteiger partial charge in [0.1, 0.15) is 5.75 Å². The monoisotopic (exact) mass is 167 g/mol. The van der Waals surface area contributed by atoms with Gasteiger partial charge in [-0.1, -0.05) is 12.1 Å². The van der Waals surface area contributed by atoms with Crippen LogP contribution in [0.4, 0.5) is 0 Å². The molecular weight excluding hydrogens is 154 g/mol. The number of aromatic hydroxyl groups is 1. The number of hydrogen-bond donors (Lipinski definition) is 3. The van der Waals surface area contributed by atoms with Crippen LogP contribution < -0.4 is 5.73 Å². The standard InChI is InChI=1S/C9H13NO2/c1-9(12,6-10)7-3-2-4-8(11)5-7/h2-5,11-12H,6,10H2,1H3. The van der Waals surface area contributed by atoms with E-state index in [0.29, 0.717) is 5.56 Å². The van der Waals surface area contributed by atoms with Gasteiger partial charge in [-0.2, -0.15) is 0 Å². The first-order valence-corrected chi connectivity index (χ1v) is 3.78. The van der Waals surface area contributed by atoms with Gasteiger partial charge in [0.2, 0.25) is 0 Å². The van der Waals surface area contributed by atoms with Gasteiger partial charge in [0.15, 0.2) is 0 Å². The molecule has 0 aliphatic heterocycles. The largest absolute Gasteiger partial charge is 0.508 e. The van der Waals surface area contributed by atoms with Gasteiger partial charge < -0.3 is 15.9 Å². The van der Waals surface area contributed by atoms with Crippen molar-refractivity contribution in [3.8, 4) is 5.75 Å². The van der Waals surface area contributed by atoms with Crippen molar-refractivity contribution in [2.45, 2.75) is 12.5 Å². The lowest BCUT2D eigenvalue weighted by molar-refractivity contribution is 0.0666. The molecule has 0 aromatic heterocycles. The maximum absolute atomic E-state index is 9.68. The first-order chi connectivity index (χ1) is 5.56. The molecule has 3 nitrogen and oxygen atoms in total. The first-order valence-electron chi connectivity index (χ1n) is 3.78. The molecule has 12 heavy (non-hydrogen) atoms. The lowest BCUT2D eigenvalue weighted by Crippen LogP contribution is -2.31. The van der Waals surface area contributed by atoms with E-state index in [1.165, 1.54) is 6.07 Å². The van der Waals surface area contributed by atoms with Gasteiger partial charge in [-0.05, 0) is 24.6 Å². The van der Waals surface area contributed by atoms with Crippen molar-refractivity contribution in [1.29, 1.82) is 0 Å². The number of nitrogens with two attached hydrogens (primary N) is 1. The highest BCUT2D eigenvalue weighted by Gasteiger charge is 2.20.